The Hall–Kier alpha value is -3.68. The minimum absolute atomic E-state index is 0.266. The molecule has 0 aromatic heterocycles. The highest BCUT2D eigenvalue weighted by Crippen LogP contribution is 2.36. The number of esters is 1. The SMILES string of the molecule is CC.CC.CC.CCOC.CCOC(=O)c1cc(-c2ccc(C3CNC3)cc2)c2ccc(-c3ccc(C(F)(F)F)cc3)cc2c1. The molecule has 0 aliphatic carbocycles. The van der Waals surface area contributed by atoms with Gasteiger partial charge in [-0.2, -0.15) is 13.2 Å². The van der Waals surface area contributed by atoms with E-state index in [1.807, 2.05) is 72.7 Å². The maximum atomic E-state index is 13.0. The monoisotopic (exact) mass is 625 g/mol. The van der Waals surface area contributed by atoms with E-state index in [4.69, 9.17) is 4.74 Å². The molecule has 7 heteroatoms. The van der Waals surface area contributed by atoms with Crippen LogP contribution in [0.25, 0.3) is 33.0 Å². The number of nitrogens with one attached hydrogen (secondary N) is 1. The van der Waals surface area contributed by atoms with Gasteiger partial charge in [0.25, 0.3) is 0 Å². The van der Waals surface area contributed by atoms with Gasteiger partial charge in [0.1, 0.15) is 0 Å². The van der Waals surface area contributed by atoms with Crippen molar-refractivity contribution >= 4 is 16.7 Å². The van der Waals surface area contributed by atoms with Crippen molar-refractivity contribution in [3.8, 4) is 22.3 Å². The Bertz CT molecular complexity index is 1410. The smallest absolute Gasteiger partial charge is 0.416 e. The third-order valence-corrected chi connectivity index (χ3v) is 6.77. The predicted molar refractivity (Wildman–Crippen MR) is 183 cm³/mol. The van der Waals surface area contributed by atoms with Gasteiger partial charge in [0.05, 0.1) is 17.7 Å². The maximum absolute atomic E-state index is 13.0. The fourth-order valence-corrected chi connectivity index (χ4v) is 4.43. The van der Waals surface area contributed by atoms with Gasteiger partial charge in [-0.25, -0.2) is 4.79 Å². The molecule has 1 N–H and O–H groups in total. The number of carbonyl (C=O) groups is 1. The lowest BCUT2D eigenvalue weighted by atomic mass is 9.90. The number of benzene rings is 4. The third-order valence-electron chi connectivity index (χ3n) is 6.77. The highest BCUT2D eigenvalue weighted by Gasteiger charge is 2.30. The van der Waals surface area contributed by atoms with E-state index in [9.17, 15) is 18.0 Å². The largest absolute Gasteiger partial charge is 0.462 e. The predicted octanol–water partition coefficient (Wildman–Crippen LogP) is 10.8. The van der Waals surface area contributed by atoms with E-state index in [2.05, 4.69) is 34.3 Å². The molecule has 0 radical (unpaired) electrons. The van der Waals surface area contributed by atoms with Crippen molar-refractivity contribution < 1.29 is 27.4 Å². The molecule has 45 heavy (non-hydrogen) atoms. The summed E-state index contributed by atoms with van der Waals surface area (Å²) in [6.45, 7) is 18.8. The molecule has 0 unspecified atom stereocenters. The first-order chi connectivity index (χ1) is 21.7. The van der Waals surface area contributed by atoms with Crippen LogP contribution in [0.1, 0.15) is 82.8 Å². The van der Waals surface area contributed by atoms with E-state index in [-0.39, 0.29) is 6.61 Å². The van der Waals surface area contributed by atoms with Gasteiger partial charge in [-0.15, -0.1) is 0 Å². The molecular weight excluding hydrogens is 575 g/mol. The van der Waals surface area contributed by atoms with E-state index >= 15 is 0 Å². The molecule has 0 amide bonds. The number of ether oxygens (including phenoxy) is 2. The van der Waals surface area contributed by atoms with Crippen molar-refractivity contribution in [2.75, 3.05) is 33.4 Å². The lowest BCUT2D eigenvalue weighted by Crippen LogP contribution is -2.39. The minimum Gasteiger partial charge on any atom is -0.462 e. The molecule has 1 aliphatic rings. The van der Waals surface area contributed by atoms with Gasteiger partial charge in [0, 0.05) is 32.7 Å². The molecule has 5 rings (SSSR count). The van der Waals surface area contributed by atoms with Crippen LogP contribution >= 0.6 is 0 Å². The second-order valence-corrected chi connectivity index (χ2v) is 9.31. The zero-order valence-electron chi connectivity index (χ0n) is 28.3. The van der Waals surface area contributed by atoms with E-state index in [1.165, 1.54) is 17.7 Å². The molecular formula is C38H50F3NO3. The standard InChI is InChI=1S/C29H24F3NO2.C3H8O.3C2H6/c1-2-35-28(34)23-14-22-13-21(18-7-10-25(11-8-18)29(30,31)32)9-12-26(22)27(15-23)20-5-3-19(4-6-20)24-16-33-17-24;1-3-4-2;3*1-2/h3-15,24,33H,2,16-17H2,1H3;3H2,1-2H3;3*1-2H3. The van der Waals surface area contributed by atoms with E-state index in [0.717, 1.165) is 59.3 Å². The molecule has 246 valence electrons. The molecule has 4 nitrogen and oxygen atoms in total. The van der Waals surface area contributed by atoms with Crippen molar-refractivity contribution in [3.05, 3.63) is 95.6 Å². The molecule has 1 fully saturated rings. The number of alkyl halides is 3. The molecule has 0 atom stereocenters. The fraction of sp³-hybridized carbons (Fsp3) is 0.395. The summed E-state index contributed by atoms with van der Waals surface area (Å²) in [4.78, 5) is 12.6. The number of fused-ring (bicyclic) bond motifs is 1. The van der Waals surface area contributed by atoms with Crippen LogP contribution in [0.4, 0.5) is 13.2 Å². The van der Waals surface area contributed by atoms with Crippen molar-refractivity contribution in [2.24, 2.45) is 0 Å². The van der Waals surface area contributed by atoms with Crippen LogP contribution in [-0.2, 0) is 15.7 Å². The van der Waals surface area contributed by atoms with Crippen molar-refractivity contribution in [2.45, 2.75) is 67.5 Å². The third kappa shape index (κ3) is 11.0. The van der Waals surface area contributed by atoms with E-state index in [0.29, 0.717) is 17.0 Å². The van der Waals surface area contributed by atoms with Crippen LogP contribution in [-0.4, -0.2) is 39.4 Å². The second-order valence-electron chi connectivity index (χ2n) is 9.31. The summed E-state index contributed by atoms with van der Waals surface area (Å²) in [6.07, 6.45) is -4.38. The summed E-state index contributed by atoms with van der Waals surface area (Å²) in [5.74, 6) is 0.116. The van der Waals surface area contributed by atoms with Crippen LogP contribution in [0.15, 0.2) is 78.9 Å². The van der Waals surface area contributed by atoms with Crippen LogP contribution in [0.5, 0.6) is 0 Å². The van der Waals surface area contributed by atoms with Crippen molar-refractivity contribution in [3.63, 3.8) is 0 Å². The fourth-order valence-electron chi connectivity index (χ4n) is 4.43. The van der Waals surface area contributed by atoms with Gasteiger partial charge in [-0.1, -0.05) is 90.1 Å². The van der Waals surface area contributed by atoms with Crippen LogP contribution in [0.3, 0.4) is 0 Å². The lowest BCUT2D eigenvalue weighted by molar-refractivity contribution is -0.137. The minimum atomic E-state index is -4.38. The van der Waals surface area contributed by atoms with Gasteiger partial charge >= 0.3 is 12.1 Å². The van der Waals surface area contributed by atoms with Gasteiger partial charge in [-0.3, -0.25) is 0 Å². The van der Waals surface area contributed by atoms with E-state index in [1.54, 1.807) is 20.1 Å². The average Bonchev–Trinajstić information content (AvgIpc) is 3.06. The summed E-state index contributed by atoms with van der Waals surface area (Å²) in [5, 5.41) is 5.05. The Morgan fingerprint density at radius 3 is 1.76 bits per heavy atom. The van der Waals surface area contributed by atoms with Crippen LogP contribution < -0.4 is 5.32 Å². The summed E-state index contributed by atoms with van der Waals surface area (Å²) in [6, 6.07) is 22.9. The highest BCUT2D eigenvalue weighted by atomic mass is 19.4. The number of carbonyl (C=O) groups excluding carboxylic acids is 1. The second kappa shape index (κ2) is 20.4. The highest BCUT2D eigenvalue weighted by molar-refractivity contribution is 6.04. The molecule has 4 aromatic rings. The normalized spacial score (nSPS) is 12.0. The molecule has 0 bridgehead atoms. The summed E-state index contributed by atoms with van der Waals surface area (Å²) in [5.41, 5.74) is 4.36. The zero-order chi connectivity index (χ0) is 34.0. The van der Waals surface area contributed by atoms with E-state index < -0.39 is 17.7 Å². The number of hydrogen-bond acceptors (Lipinski definition) is 4. The van der Waals surface area contributed by atoms with Crippen molar-refractivity contribution in [1.82, 2.24) is 5.32 Å². The number of hydrogen-bond donors (Lipinski definition) is 1. The first kappa shape index (κ1) is 39.3. The Balaban J connectivity index is 0.000000910. The molecule has 1 aliphatic heterocycles. The summed E-state index contributed by atoms with van der Waals surface area (Å²) < 4.78 is 48.7. The van der Waals surface area contributed by atoms with Crippen LogP contribution in [0.2, 0.25) is 0 Å². The number of methoxy groups -OCH3 is 1. The molecule has 4 aromatic carbocycles. The Morgan fingerprint density at radius 1 is 0.756 bits per heavy atom. The first-order valence-corrected chi connectivity index (χ1v) is 16.0. The molecule has 0 spiro atoms. The van der Waals surface area contributed by atoms with Crippen LogP contribution in [0, 0.1) is 0 Å². The zero-order valence-corrected chi connectivity index (χ0v) is 28.3. The molecule has 0 saturated carbocycles. The van der Waals surface area contributed by atoms with Gasteiger partial charge < -0.3 is 14.8 Å². The van der Waals surface area contributed by atoms with Gasteiger partial charge in [-0.05, 0) is 82.8 Å². The topological polar surface area (TPSA) is 47.6 Å². The van der Waals surface area contributed by atoms with Crippen molar-refractivity contribution in [1.29, 1.82) is 0 Å². The summed E-state index contributed by atoms with van der Waals surface area (Å²) in [7, 11) is 1.68. The van der Waals surface area contributed by atoms with Gasteiger partial charge in [0.15, 0.2) is 0 Å². The Morgan fingerprint density at radius 2 is 1.29 bits per heavy atom. The Kier molecular flexibility index (Phi) is 17.8. The maximum Gasteiger partial charge on any atom is 0.416 e. The lowest BCUT2D eigenvalue weighted by Gasteiger charge is -2.27. The first-order valence-electron chi connectivity index (χ1n) is 16.0. The van der Waals surface area contributed by atoms with Gasteiger partial charge in [0.2, 0.25) is 0 Å². The quantitative estimate of drug-likeness (QED) is 0.217. The Labute approximate surface area is 268 Å². The average molecular weight is 626 g/mol. The number of rotatable bonds is 6. The molecule has 1 saturated heterocycles. The summed E-state index contributed by atoms with van der Waals surface area (Å²) >= 11 is 0. The number of halogens is 3. The molecule has 1 heterocycles.